The topological polar surface area (TPSA) is 89.2 Å². The molecular weight excluding hydrogens is 450 g/mol. The number of piperazine rings is 1. The minimum absolute atomic E-state index is 0.0140. The lowest BCUT2D eigenvalue weighted by Crippen LogP contribution is -2.61. The van der Waals surface area contributed by atoms with Gasteiger partial charge in [-0.05, 0) is 57.6 Å². The van der Waals surface area contributed by atoms with E-state index in [1.165, 1.54) is 24.8 Å². The number of rotatable bonds is 4. The summed E-state index contributed by atoms with van der Waals surface area (Å²) >= 11 is 0. The molecule has 2 saturated carbocycles. The van der Waals surface area contributed by atoms with Gasteiger partial charge in [-0.2, -0.15) is 5.26 Å². The van der Waals surface area contributed by atoms with Crippen LogP contribution in [0.5, 0.6) is 0 Å². The van der Waals surface area contributed by atoms with E-state index in [-0.39, 0.29) is 22.9 Å². The second-order valence-electron chi connectivity index (χ2n) is 11.9. The van der Waals surface area contributed by atoms with Crippen LogP contribution in [0.15, 0.2) is 24.7 Å². The monoisotopic (exact) mass is 485 g/mol. The summed E-state index contributed by atoms with van der Waals surface area (Å²) < 4.78 is 0. The van der Waals surface area contributed by atoms with Gasteiger partial charge in [0, 0.05) is 54.3 Å². The highest BCUT2D eigenvalue weighted by atomic mass is 16.2. The number of carbonyl (C=O) groups is 1. The van der Waals surface area contributed by atoms with Gasteiger partial charge < -0.3 is 14.7 Å². The van der Waals surface area contributed by atoms with Crippen LogP contribution in [-0.4, -0.2) is 57.5 Å². The first-order valence-electron chi connectivity index (χ1n) is 13.3. The zero-order valence-corrected chi connectivity index (χ0v) is 21.7. The Bertz CT molecular complexity index is 1240. The predicted octanol–water partition coefficient (Wildman–Crippen LogP) is 4.18. The van der Waals surface area contributed by atoms with Crippen molar-refractivity contribution in [1.82, 2.24) is 19.9 Å². The lowest BCUT2D eigenvalue weighted by Gasteiger charge is -2.48. The third kappa shape index (κ3) is 3.47. The molecule has 4 heterocycles. The highest BCUT2D eigenvalue weighted by Crippen LogP contribution is 2.56. The van der Waals surface area contributed by atoms with E-state index in [9.17, 15) is 10.1 Å². The maximum absolute atomic E-state index is 13.5. The number of anilines is 3. The summed E-state index contributed by atoms with van der Waals surface area (Å²) in [5, 5.41) is 9.42. The molecule has 2 atom stereocenters. The molecule has 36 heavy (non-hydrogen) atoms. The number of amides is 1. The first-order valence-corrected chi connectivity index (χ1v) is 13.3. The Morgan fingerprint density at radius 2 is 1.86 bits per heavy atom. The molecule has 3 fully saturated rings. The lowest BCUT2D eigenvalue weighted by molar-refractivity contribution is -0.144. The quantitative estimate of drug-likeness (QED) is 0.642. The van der Waals surface area contributed by atoms with Crippen LogP contribution in [0.1, 0.15) is 70.9 Å². The Labute approximate surface area is 213 Å². The zero-order chi connectivity index (χ0) is 25.2. The standard InChI is InChI=1S/C28H35N7O/c1-18-15-34(26(36)27(3,4)21-6-7-21)19(2)14-33(18)24-23-25(32-17-31-24)35(16-28(23)9-5-10-28)22-12-20(13-29)8-11-30-22/h8,11-12,17-19,21H,5-7,9-10,14-16H2,1-4H3/t18-,19-/m1/s1. The first-order chi connectivity index (χ1) is 17.2. The largest absolute Gasteiger partial charge is 0.350 e. The SMILES string of the molecule is C[C@@H]1CN(c2ncnc3c2C2(CCC2)CN3c2cc(C#N)ccn2)[C@H](C)CN1C(=O)C(C)(C)C1CC1. The highest BCUT2D eigenvalue weighted by molar-refractivity contribution is 5.83. The maximum atomic E-state index is 13.5. The fourth-order valence-electron chi connectivity index (χ4n) is 6.61. The molecule has 1 saturated heterocycles. The van der Waals surface area contributed by atoms with E-state index in [1.807, 2.05) is 6.07 Å². The molecule has 1 amide bonds. The summed E-state index contributed by atoms with van der Waals surface area (Å²) in [4.78, 5) is 34.4. The third-order valence-corrected chi connectivity index (χ3v) is 9.18. The van der Waals surface area contributed by atoms with Crippen molar-refractivity contribution in [3.63, 3.8) is 0 Å². The van der Waals surface area contributed by atoms with E-state index in [0.29, 0.717) is 23.9 Å². The zero-order valence-electron chi connectivity index (χ0n) is 21.7. The van der Waals surface area contributed by atoms with Crippen molar-refractivity contribution < 1.29 is 4.79 Å². The molecule has 8 nitrogen and oxygen atoms in total. The number of pyridine rings is 1. The predicted molar refractivity (Wildman–Crippen MR) is 138 cm³/mol. The van der Waals surface area contributed by atoms with Crippen molar-refractivity contribution in [3.8, 4) is 6.07 Å². The summed E-state index contributed by atoms with van der Waals surface area (Å²) in [5.74, 6) is 3.50. The van der Waals surface area contributed by atoms with E-state index in [1.54, 1.807) is 18.6 Å². The van der Waals surface area contributed by atoms with Crippen LogP contribution in [0, 0.1) is 22.7 Å². The average Bonchev–Trinajstić information content (AvgIpc) is 3.65. The van der Waals surface area contributed by atoms with E-state index >= 15 is 0 Å². The maximum Gasteiger partial charge on any atom is 0.228 e. The van der Waals surface area contributed by atoms with Crippen molar-refractivity contribution >= 4 is 23.4 Å². The van der Waals surface area contributed by atoms with Crippen molar-refractivity contribution in [2.75, 3.05) is 29.4 Å². The van der Waals surface area contributed by atoms with Crippen LogP contribution >= 0.6 is 0 Å². The van der Waals surface area contributed by atoms with Gasteiger partial charge in [0.25, 0.3) is 0 Å². The minimum atomic E-state index is -0.284. The summed E-state index contributed by atoms with van der Waals surface area (Å²) in [5.41, 5.74) is 1.55. The molecule has 4 aliphatic rings. The molecule has 2 aliphatic heterocycles. The molecule has 8 heteroatoms. The van der Waals surface area contributed by atoms with Crippen molar-refractivity contribution in [2.45, 2.75) is 77.3 Å². The Morgan fingerprint density at radius 1 is 1.11 bits per heavy atom. The van der Waals surface area contributed by atoms with Gasteiger partial charge in [0.1, 0.15) is 23.8 Å². The van der Waals surface area contributed by atoms with Crippen LogP contribution in [0.4, 0.5) is 17.5 Å². The van der Waals surface area contributed by atoms with E-state index in [2.05, 4.69) is 53.4 Å². The number of aromatic nitrogens is 3. The highest BCUT2D eigenvalue weighted by Gasteiger charge is 2.52. The fraction of sp³-hybridized carbons (Fsp3) is 0.607. The van der Waals surface area contributed by atoms with Gasteiger partial charge >= 0.3 is 0 Å². The Hall–Kier alpha value is -3.21. The van der Waals surface area contributed by atoms with Crippen LogP contribution in [0.3, 0.4) is 0 Å². The lowest BCUT2D eigenvalue weighted by atomic mass is 9.66. The minimum Gasteiger partial charge on any atom is -0.350 e. The molecule has 2 aliphatic carbocycles. The summed E-state index contributed by atoms with van der Waals surface area (Å²) in [6.45, 7) is 10.9. The molecule has 1 spiro atoms. The number of nitrogens with zero attached hydrogens (tertiary/aromatic N) is 7. The van der Waals surface area contributed by atoms with Crippen molar-refractivity contribution in [3.05, 3.63) is 35.8 Å². The van der Waals surface area contributed by atoms with Gasteiger partial charge in [-0.25, -0.2) is 15.0 Å². The smallest absolute Gasteiger partial charge is 0.228 e. The van der Waals surface area contributed by atoms with Gasteiger partial charge in [-0.15, -0.1) is 0 Å². The van der Waals surface area contributed by atoms with E-state index < -0.39 is 0 Å². The van der Waals surface area contributed by atoms with Gasteiger partial charge in [-0.1, -0.05) is 20.3 Å². The van der Waals surface area contributed by atoms with E-state index in [0.717, 1.165) is 43.4 Å². The Balaban J connectivity index is 1.34. The van der Waals surface area contributed by atoms with Gasteiger partial charge in [0.15, 0.2) is 0 Å². The number of carbonyl (C=O) groups excluding carboxylic acids is 1. The molecule has 2 aromatic heterocycles. The Morgan fingerprint density at radius 3 is 2.53 bits per heavy atom. The summed E-state index contributed by atoms with van der Waals surface area (Å²) in [6.07, 6.45) is 9.10. The number of nitriles is 1. The molecule has 188 valence electrons. The first kappa shape index (κ1) is 23.2. The second-order valence-corrected chi connectivity index (χ2v) is 11.9. The molecule has 6 rings (SSSR count). The number of fused-ring (bicyclic) bond motifs is 2. The number of hydrogen-bond acceptors (Lipinski definition) is 7. The molecule has 0 aromatic carbocycles. The second kappa shape index (κ2) is 8.16. The van der Waals surface area contributed by atoms with Crippen molar-refractivity contribution in [1.29, 1.82) is 5.26 Å². The summed E-state index contributed by atoms with van der Waals surface area (Å²) in [6, 6.07) is 6.08. The fourth-order valence-corrected chi connectivity index (χ4v) is 6.61. The van der Waals surface area contributed by atoms with Gasteiger partial charge in [-0.3, -0.25) is 4.79 Å². The van der Waals surface area contributed by atoms with Crippen LogP contribution in [0.2, 0.25) is 0 Å². The van der Waals surface area contributed by atoms with Crippen LogP contribution in [-0.2, 0) is 10.2 Å². The van der Waals surface area contributed by atoms with Crippen molar-refractivity contribution in [2.24, 2.45) is 11.3 Å². The van der Waals surface area contributed by atoms with Crippen LogP contribution in [0.25, 0.3) is 0 Å². The Kier molecular flexibility index (Phi) is 5.26. The van der Waals surface area contributed by atoms with Gasteiger partial charge in [0.2, 0.25) is 5.91 Å². The number of hydrogen-bond donors (Lipinski definition) is 0. The molecular formula is C28H35N7O. The molecule has 2 aromatic rings. The average molecular weight is 486 g/mol. The normalized spacial score (nSPS) is 24.9. The molecule has 0 bridgehead atoms. The van der Waals surface area contributed by atoms with Crippen LogP contribution < -0.4 is 9.80 Å². The summed E-state index contributed by atoms with van der Waals surface area (Å²) in [7, 11) is 0. The molecule has 0 N–H and O–H groups in total. The third-order valence-electron chi connectivity index (χ3n) is 9.18. The van der Waals surface area contributed by atoms with Gasteiger partial charge in [0.05, 0.1) is 11.6 Å². The molecule has 0 radical (unpaired) electrons. The molecule has 0 unspecified atom stereocenters. The van der Waals surface area contributed by atoms with E-state index in [4.69, 9.17) is 9.97 Å².